The number of carbonyl (C=O) groups excluding carboxylic acids is 2. The monoisotopic (exact) mass is 327 g/mol. The fraction of sp³-hybridized carbons (Fsp3) is 0.250. The van der Waals surface area contributed by atoms with E-state index >= 15 is 0 Å². The van der Waals surface area contributed by atoms with E-state index in [-0.39, 0.29) is 35.3 Å². The molecule has 3 rings (SSSR count). The molecule has 0 saturated carbocycles. The Morgan fingerprint density at radius 3 is 2.58 bits per heavy atom. The van der Waals surface area contributed by atoms with E-state index in [0.717, 1.165) is 5.56 Å². The smallest absolute Gasteiger partial charge is 0.278 e. The Labute approximate surface area is 137 Å². The number of nitrogens with one attached hydrogen (secondary N) is 3. The van der Waals surface area contributed by atoms with E-state index in [2.05, 4.69) is 20.6 Å². The van der Waals surface area contributed by atoms with E-state index in [1.807, 2.05) is 30.3 Å². The molecule has 2 aromatic rings. The van der Waals surface area contributed by atoms with E-state index in [0.29, 0.717) is 6.54 Å². The summed E-state index contributed by atoms with van der Waals surface area (Å²) >= 11 is 0. The molecular weight excluding hydrogens is 310 g/mol. The summed E-state index contributed by atoms with van der Waals surface area (Å²) in [4.78, 5) is 43.9. The number of aromatic nitrogens is 2. The van der Waals surface area contributed by atoms with Crippen LogP contribution in [0.15, 0.2) is 35.1 Å². The van der Waals surface area contributed by atoms with Gasteiger partial charge in [-0.2, -0.15) is 4.98 Å². The molecule has 2 heterocycles. The maximum absolute atomic E-state index is 12.5. The third-order valence-electron chi connectivity index (χ3n) is 3.73. The van der Waals surface area contributed by atoms with Crippen molar-refractivity contribution in [2.75, 3.05) is 22.1 Å². The van der Waals surface area contributed by atoms with Crippen molar-refractivity contribution in [3.05, 3.63) is 46.2 Å². The second-order valence-corrected chi connectivity index (χ2v) is 5.49. The molecule has 1 aliphatic heterocycles. The third kappa shape index (κ3) is 2.85. The third-order valence-corrected chi connectivity index (χ3v) is 3.73. The van der Waals surface area contributed by atoms with Crippen LogP contribution in [0.5, 0.6) is 0 Å². The number of carbonyl (C=O) groups is 2. The lowest BCUT2D eigenvalue weighted by Crippen LogP contribution is -2.44. The predicted molar refractivity (Wildman–Crippen MR) is 90.0 cm³/mol. The molecule has 2 amide bonds. The van der Waals surface area contributed by atoms with Crippen LogP contribution < -0.4 is 21.1 Å². The van der Waals surface area contributed by atoms with Crippen molar-refractivity contribution >= 4 is 29.3 Å². The van der Waals surface area contributed by atoms with Crippen LogP contribution >= 0.6 is 0 Å². The summed E-state index contributed by atoms with van der Waals surface area (Å²) in [7, 11) is 0. The molecule has 1 aromatic heterocycles. The van der Waals surface area contributed by atoms with Gasteiger partial charge in [-0.05, 0) is 5.56 Å². The van der Waals surface area contributed by atoms with Crippen LogP contribution in [0.25, 0.3) is 0 Å². The molecule has 0 spiro atoms. The summed E-state index contributed by atoms with van der Waals surface area (Å²) in [5.41, 5.74) is 0.569. The molecule has 0 saturated heterocycles. The minimum absolute atomic E-state index is 0.0420. The van der Waals surface area contributed by atoms with Gasteiger partial charge in [0.25, 0.3) is 5.56 Å². The van der Waals surface area contributed by atoms with Gasteiger partial charge in [-0.3, -0.25) is 29.6 Å². The molecule has 1 aliphatic rings. The van der Waals surface area contributed by atoms with Crippen LogP contribution in [0.2, 0.25) is 0 Å². The highest BCUT2D eigenvalue weighted by Crippen LogP contribution is 2.34. The summed E-state index contributed by atoms with van der Waals surface area (Å²) < 4.78 is 0. The highest BCUT2D eigenvalue weighted by molar-refractivity contribution is 5.96. The van der Waals surface area contributed by atoms with Crippen molar-refractivity contribution in [2.24, 2.45) is 0 Å². The quantitative estimate of drug-likeness (QED) is 0.769. The van der Waals surface area contributed by atoms with Crippen LogP contribution in [0, 0.1) is 0 Å². The summed E-state index contributed by atoms with van der Waals surface area (Å²) in [6.45, 7) is 3.14. The lowest BCUT2D eigenvalue weighted by Gasteiger charge is -2.36. The summed E-state index contributed by atoms with van der Waals surface area (Å²) in [6, 6.07) is 9.14. The summed E-state index contributed by atoms with van der Waals surface area (Å²) in [6.07, 6.45) is 0. The average molecular weight is 327 g/mol. The van der Waals surface area contributed by atoms with Gasteiger partial charge in [0, 0.05) is 20.4 Å². The lowest BCUT2D eigenvalue weighted by molar-refractivity contribution is -0.117. The number of hydrogen-bond acceptors (Lipinski definition) is 5. The largest absolute Gasteiger partial charge is 0.366 e. The molecule has 1 aromatic carbocycles. The first-order valence-electron chi connectivity index (χ1n) is 7.48. The zero-order valence-corrected chi connectivity index (χ0v) is 13.3. The Morgan fingerprint density at radius 1 is 1.25 bits per heavy atom. The zero-order valence-electron chi connectivity index (χ0n) is 13.3. The van der Waals surface area contributed by atoms with Gasteiger partial charge in [0.2, 0.25) is 17.8 Å². The summed E-state index contributed by atoms with van der Waals surface area (Å²) in [5.74, 6) is -0.295. The van der Waals surface area contributed by atoms with Crippen molar-refractivity contribution in [1.82, 2.24) is 9.97 Å². The van der Waals surface area contributed by atoms with Gasteiger partial charge < -0.3 is 5.32 Å². The standard InChI is InChI=1S/C16H17N5O3/c1-9(22)18-16-19-14-13(15(24)20-16)21(10(2)23)12(8-17-14)11-6-4-3-5-7-11/h3-7,12H,8H2,1-2H3,(H3,17,18,19,20,22,24). The highest BCUT2D eigenvalue weighted by Gasteiger charge is 2.33. The predicted octanol–water partition coefficient (Wildman–Crippen LogP) is 1.25. The molecule has 8 heteroatoms. The summed E-state index contributed by atoms with van der Waals surface area (Å²) in [5, 5.41) is 5.51. The van der Waals surface area contributed by atoms with Crippen molar-refractivity contribution < 1.29 is 9.59 Å². The minimum atomic E-state index is -0.493. The van der Waals surface area contributed by atoms with Gasteiger partial charge in [-0.25, -0.2) is 0 Å². The first kappa shape index (κ1) is 15.7. The number of benzene rings is 1. The fourth-order valence-electron chi connectivity index (χ4n) is 2.80. The van der Waals surface area contributed by atoms with E-state index < -0.39 is 5.56 Å². The Morgan fingerprint density at radius 2 is 1.96 bits per heavy atom. The van der Waals surface area contributed by atoms with Crippen molar-refractivity contribution in [3.8, 4) is 0 Å². The van der Waals surface area contributed by atoms with Gasteiger partial charge in [0.15, 0.2) is 11.5 Å². The Kier molecular flexibility index (Phi) is 4.03. The Hall–Kier alpha value is -3.16. The van der Waals surface area contributed by atoms with Crippen LogP contribution in [0.4, 0.5) is 17.5 Å². The average Bonchev–Trinajstić information content (AvgIpc) is 2.54. The molecule has 0 fully saturated rings. The molecular formula is C16H17N5O3. The van der Waals surface area contributed by atoms with Gasteiger partial charge in [-0.15, -0.1) is 0 Å². The normalized spacial score (nSPS) is 16.1. The first-order chi connectivity index (χ1) is 11.5. The Balaban J connectivity index is 2.08. The van der Waals surface area contributed by atoms with Gasteiger partial charge >= 0.3 is 0 Å². The molecule has 124 valence electrons. The van der Waals surface area contributed by atoms with Gasteiger partial charge in [-0.1, -0.05) is 30.3 Å². The molecule has 3 N–H and O–H groups in total. The van der Waals surface area contributed by atoms with E-state index in [1.165, 1.54) is 18.7 Å². The van der Waals surface area contributed by atoms with Crippen molar-refractivity contribution in [3.63, 3.8) is 0 Å². The number of anilines is 3. The Bertz CT molecular complexity index is 847. The molecule has 8 nitrogen and oxygen atoms in total. The number of amides is 2. The molecule has 0 aliphatic carbocycles. The maximum Gasteiger partial charge on any atom is 0.278 e. The lowest BCUT2D eigenvalue weighted by atomic mass is 10.0. The number of rotatable bonds is 2. The van der Waals surface area contributed by atoms with Crippen LogP contribution in [-0.2, 0) is 9.59 Å². The SMILES string of the molecule is CC(=O)Nc1nc2c(c(=O)[nH]1)N(C(C)=O)C(c1ccccc1)CN2. The molecule has 0 bridgehead atoms. The topological polar surface area (TPSA) is 107 Å². The number of hydrogen-bond donors (Lipinski definition) is 3. The van der Waals surface area contributed by atoms with Gasteiger partial charge in [0.1, 0.15) is 0 Å². The number of nitrogens with zero attached hydrogens (tertiary/aromatic N) is 2. The number of aromatic amines is 1. The van der Waals surface area contributed by atoms with Crippen LogP contribution in [-0.4, -0.2) is 28.3 Å². The molecule has 0 radical (unpaired) electrons. The van der Waals surface area contributed by atoms with Crippen LogP contribution in [0.1, 0.15) is 25.5 Å². The zero-order chi connectivity index (χ0) is 17.3. The maximum atomic E-state index is 12.5. The van der Waals surface area contributed by atoms with E-state index in [9.17, 15) is 14.4 Å². The van der Waals surface area contributed by atoms with E-state index in [1.54, 1.807) is 0 Å². The minimum Gasteiger partial charge on any atom is -0.366 e. The highest BCUT2D eigenvalue weighted by atomic mass is 16.2. The molecule has 24 heavy (non-hydrogen) atoms. The molecule has 1 atom stereocenters. The van der Waals surface area contributed by atoms with Gasteiger partial charge in [0.05, 0.1) is 6.04 Å². The second-order valence-electron chi connectivity index (χ2n) is 5.49. The molecule has 1 unspecified atom stereocenters. The van der Waals surface area contributed by atoms with Crippen molar-refractivity contribution in [1.29, 1.82) is 0 Å². The fourth-order valence-corrected chi connectivity index (χ4v) is 2.80. The first-order valence-corrected chi connectivity index (χ1v) is 7.48. The van der Waals surface area contributed by atoms with Crippen LogP contribution in [0.3, 0.4) is 0 Å². The number of H-pyrrole nitrogens is 1. The van der Waals surface area contributed by atoms with Crippen molar-refractivity contribution in [2.45, 2.75) is 19.9 Å². The van der Waals surface area contributed by atoms with E-state index in [4.69, 9.17) is 0 Å². The number of fused-ring (bicyclic) bond motifs is 1. The second kappa shape index (κ2) is 6.15.